The van der Waals surface area contributed by atoms with Crippen molar-refractivity contribution in [2.45, 2.75) is 31.9 Å². The zero-order valence-electron chi connectivity index (χ0n) is 10.7. The summed E-state index contributed by atoms with van der Waals surface area (Å²) in [7, 11) is 0. The fourth-order valence-electron chi connectivity index (χ4n) is 2.44. The van der Waals surface area contributed by atoms with Gasteiger partial charge in [-0.15, -0.1) is 0 Å². The lowest BCUT2D eigenvalue weighted by Crippen LogP contribution is -2.35. The largest absolute Gasteiger partial charge is 0.481 e. The predicted molar refractivity (Wildman–Crippen MR) is 66.3 cm³/mol. The second-order valence-corrected chi connectivity index (χ2v) is 5.08. The number of anilines is 1. The van der Waals surface area contributed by atoms with Gasteiger partial charge in [0.15, 0.2) is 0 Å². The van der Waals surface area contributed by atoms with Crippen LogP contribution in [0.15, 0.2) is 18.3 Å². The Hall–Kier alpha value is -1.79. The fraction of sp³-hybridized carbons (Fsp3) is 0.538. The van der Waals surface area contributed by atoms with Gasteiger partial charge in [-0.2, -0.15) is 13.2 Å². The quantitative estimate of drug-likeness (QED) is 0.893. The molecule has 4 nitrogen and oxygen atoms in total. The Morgan fingerprint density at radius 1 is 1.35 bits per heavy atom. The lowest BCUT2D eigenvalue weighted by molar-refractivity contribution is -0.147. The van der Waals surface area contributed by atoms with Gasteiger partial charge in [0.05, 0.1) is 11.0 Å². The van der Waals surface area contributed by atoms with E-state index in [1.54, 1.807) is 0 Å². The van der Waals surface area contributed by atoms with Gasteiger partial charge < -0.3 is 10.4 Å². The minimum atomic E-state index is -4.42. The molecule has 1 aliphatic carbocycles. The van der Waals surface area contributed by atoms with Gasteiger partial charge >= 0.3 is 12.1 Å². The SMILES string of the molecule is O=C(O)C1(CNc2ccc(C(F)(F)F)cn2)CCCC1. The lowest BCUT2D eigenvalue weighted by atomic mass is 9.86. The minimum Gasteiger partial charge on any atom is -0.481 e. The number of alkyl halides is 3. The molecule has 7 heteroatoms. The molecular formula is C13H15F3N2O2. The van der Waals surface area contributed by atoms with E-state index in [9.17, 15) is 23.1 Å². The van der Waals surface area contributed by atoms with Crippen molar-refractivity contribution in [1.29, 1.82) is 0 Å². The second kappa shape index (κ2) is 5.30. The minimum absolute atomic E-state index is 0.181. The molecule has 110 valence electrons. The number of pyridine rings is 1. The third-order valence-electron chi connectivity index (χ3n) is 3.71. The first-order valence-corrected chi connectivity index (χ1v) is 6.34. The van der Waals surface area contributed by atoms with Crippen LogP contribution in [0.5, 0.6) is 0 Å². The first-order valence-electron chi connectivity index (χ1n) is 6.34. The normalized spacial score (nSPS) is 17.9. The molecule has 0 bridgehead atoms. The standard InChI is InChI=1S/C13H15F3N2O2/c14-13(15,16)9-3-4-10(17-7-9)18-8-12(11(19)20)5-1-2-6-12/h3-4,7H,1-2,5-6,8H2,(H,17,18)(H,19,20). The van der Waals surface area contributed by atoms with Gasteiger partial charge in [-0.1, -0.05) is 12.8 Å². The van der Waals surface area contributed by atoms with E-state index in [1.165, 1.54) is 6.07 Å². The van der Waals surface area contributed by atoms with Crippen molar-refractivity contribution in [3.05, 3.63) is 23.9 Å². The number of carboxylic acid groups (broad SMARTS) is 1. The first kappa shape index (κ1) is 14.6. The molecular weight excluding hydrogens is 273 g/mol. The van der Waals surface area contributed by atoms with E-state index in [0.29, 0.717) is 12.8 Å². The molecule has 1 fully saturated rings. The van der Waals surface area contributed by atoms with E-state index >= 15 is 0 Å². The van der Waals surface area contributed by atoms with Crippen LogP contribution in [0.25, 0.3) is 0 Å². The van der Waals surface area contributed by atoms with Crippen LogP contribution in [-0.2, 0) is 11.0 Å². The number of halogens is 3. The molecule has 1 saturated carbocycles. The number of aliphatic carboxylic acids is 1. The van der Waals surface area contributed by atoms with E-state index in [1.807, 2.05) is 0 Å². The Morgan fingerprint density at radius 3 is 2.45 bits per heavy atom. The summed E-state index contributed by atoms with van der Waals surface area (Å²) < 4.78 is 37.1. The van der Waals surface area contributed by atoms with Gasteiger partial charge in [0.2, 0.25) is 0 Å². The monoisotopic (exact) mass is 288 g/mol. The first-order chi connectivity index (χ1) is 9.33. The molecule has 1 heterocycles. The molecule has 1 aromatic rings. The molecule has 0 radical (unpaired) electrons. The molecule has 0 aliphatic heterocycles. The van der Waals surface area contributed by atoms with Crippen LogP contribution < -0.4 is 5.32 Å². The highest BCUT2D eigenvalue weighted by atomic mass is 19.4. The van der Waals surface area contributed by atoms with Crippen molar-refractivity contribution in [2.75, 3.05) is 11.9 Å². The molecule has 0 saturated heterocycles. The highest BCUT2D eigenvalue weighted by molar-refractivity contribution is 5.75. The molecule has 0 aromatic carbocycles. The maximum absolute atomic E-state index is 12.4. The van der Waals surface area contributed by atoms with Gasteiger partial charge in [-0.3, -0.25) is 4.79 Å². The highest BCUT2D eigenvalue weighted by Gasteiger charge is 2.41. The van der Waals surface area contributed by atoms with Gasteiger partial charge in [0.25, 0.3) is 0 Å². The molecule has 1 aromatic heterocycles. The molecule has 1 aliphatic rings. The van der Waals surface area contributed by atoms with Gasteiger partial charge in [-0.05, 0) is 25.0 Å². The van der Waals surface area contributed by atoms with E-state index in [4.69, 9.17) is 0 Å². The summed E-state index contributed by atoms with van der Waals surface area (Å²) in [5, 5.41) is 12.1. The number of nitrogens with zero attached hydrogens (tertiary/aromatic N) is 1. The molecule has 2 rings (SSSR count). The number of rotatable bonds is 4. The maximum atomic E-state index is 12.4. The zero-order valence-corrected chi connectivity index (χ0v) is 10.7. The average molecular weight is 288 g/mol. The van der Waals surface area contributed by atoms with Crippen LogP contribution in [0.3, 0.4) is 0 Å². The number of hydrogen-bond donors (Lipinski definition) is 2. The molecule has 20 heavy (non-hydrogen) atoms. The third kappa shape index (κ3) is 3.02. The number of carboxylic acids is 1. The Balaban J connectivity index is 2.02. The molecule has 0 spiro atoms. The Kier molecular flexibility index (Phi) is 3.87. The second-order valence-electron chi connectivity index (χ2n) is 5.08. The zero-order chi connectivity index (χ0) is 14.8. The summed E-state index contributed by atoms with van der Waals surface area (Å²) in [5.41, 5.74) is -1.65. The van der Waals surface area contributed by atoms with E-state index in [0.717, 1.165) is 25.1 Å². The van der Waals surface area contributed by atoms with Crippen molar-refractivity contribution >= 4 is 11.8 Å². The molecule has 0 unspecified atom stereocenters. The Labute approximate surface area is 114 Å². The summed E-state index contributed by atoms with van der Waals surface area (Å²) >= 11 is 0. The van der Waals surface area contributed by atoms with Gasteiger partial charge in [0.1, 0.15) is 5.82 Å². The van der Waals surface area contributed by atoms with E-state index in [2.05, 4.69) is 10.3 Å². The van der Waals surface area contributed by atoms with Crippen LogP contribution in [0.2, 0.25) is 0 Å². The summed E-state index contributed by atoms with van der Waals surface area (Å²) in [6, 6.07) is 2.14. The smallest absolute Gasteiger partial charge is 0.417 e. The van der Waals surface area contributed by atoms with Crippen molar-refractivity contribution in [2.24, 2.45) is 5.41 Å². The lowest BCUT2D eigenvalue weighted by Gasteiger charge is -2.24. The fourth-order valence-corrected chi connectivity index (χ4v) is 2.44. The van der Waals surface area contributed by atoms with E-state index in [-0.39, 0.29) is 12.4 Å². The molecule has 0 amide bonds. The Bertz CT molecular complexity index is 479. The van der Waals surface area contributed by atoms with Crippen LogP contribution in [0.1, 0.15) is 31.2 Å². The van der Waals surface area contributed by atoms with Crippen molar-refractivity contribution in [3.63, 3.8) is 0 Å². The molecule has 0 atom stereocenters. The highest BCUT2D eigenvalue weighted by Crippen LogP contribution is 2.38. The number of hydrogen-bond acceptors (Lipinski definition) is 3. The van der Waals surface area contributed by atoms with Crippen molar-refractivity contribution in [1.82, 2.24) is 4.98 Å². The van der Waals surface area contributed by atoms with Gasteiger partial charge in [-0.25, -0.2) is 4.98 Å². The summed E-state index contributed by atoms with van der Waals surface area (Å²) in [4.78, 5) is 15.0. The van der Waals surface area contributed by atoms with Crippen LogP contribution >= 0.6 is 0 Å². The van der Waals surface area contributed by atoms with Crippen molar-refractivity contribution in [3.8, 4) is 0 Å². The van der Waals surface area contributed by atoms with E-state index < -0.39 is 23.1 Å². The number of aromatic nitrogens is 1. The average Bonchev–Trinajstić information content (AvgIpc) is 2.86. The summed E-state index contributed by atoms with van der Waals surface area (Å²) in [6.45, 7) is 0.181. The third-order valence-corrected chi connectivity index (χ3v) is 3.71. The summed E-state index contributed by atoms with van der Waals surface area (Å²) in [6.07, 6.45) is -0.807. The summed E-state index contributed by atoms with van der Waals surface area (Å²) in [5.74, 6) is -0.611. The molecule has 2 N–H and O–H groups in total. The topological polar surface area (TPSA) is 62.2 Å². The Morgan fingerprint density at radius 2 is 2.00 bits per heavy atom. The van der Waals surface area contributed by atoms with Crippen LogP contribution in [0.4, 0.5) is 19.0 Å². The van der Waals surface area contributed by atoms with Gasteiger partial charge in [0, 0.05) is 12.7 Å². The number of nitrogens with one attached hydrogen (secondary N) is 1. The maximum Gasteiger partial charge on any atom is 0.417 e. The van der Waals surface area contributed by atoms with Crippen LogP contribution in [-0.4, -0.2) is 22.6 Å². The predicted octanol–water partition coefficient (Wildman–Crippen LogP) is 3.16. The van der Waals surface area contributed by atoms with Crippen LogP contribution in [0, 0.1) is 5.41 Å². The number of carbonyl (C=O) groups is 1. The van der Waals surface area contributed by atoms with Crippen molar-refractivity contribution < 1.29 is 23.1 Å².